The van der Waals surface area contributed by atoms with E-state index in [1.807, 2.05) is 20.8 Å². The first kappa shape index (κ1) is 16.0. The normalized spacial score (nSPS) is 40.9. The molecule has 4 unspecified atom stereocenters. The number of rotatable bonds is 3. The fourth-order valence-electron chi connectivity index (χ4n) is 3.81. The summed E-state index contributed by atoms with van der Waals surface area (Å²) in [5, 5.41) is 6.68. The molecule has 3 rings (SSSR count). The first-order valence-corrected chi connectivity index (χ1v) is 8.46. The predicted octanol–water partition coefficient (Wildman–Crippen LogP) is 1.14. The molecule has 2 saturated carbocycles. The second-order valence-electron chi connectivity index (χ2n) is 7.93. The average Bonchev–Trinajstić information content (AvgIpc) is 2.38. The number of hydrogen-bond donors (Lipinski definition) is 3. The molecule has 4 N–H and O–H groups in total. The van der Waals surface area contributed by atoms with Crippen LogP contribution in [0.25, 0.3) is 0 Å². The second kappa shape index (κ2) is 5.98. The molecular formula is C16H29N3O3. The fourth-order valence-corrected chi connectivity index (χ4v) is 3.81. The van der Waals surface area contributed by atoms with Gasteiger partial charge >= 0.3 is 6.09 Å². The van der Waals surface area contributed by atoms with Crippen LogP contribution in [-0.4, -0.2) is 48.6 Å². The smallest absolute Gasteiger partial charge is 0.407 e. The number of alkyl carbamates (subject to hydrolysis) is 1. The summed E-state index contributed by atoms with van der Waals surface area (Å²) in [5.41, 5.74) is 5.39. The summed E-state index contributed by atoms with van der Waals surface area (Å²) in [6.07, 6.45) is 4.06. The molecule has 1 saturated heterocycles. The van der Waals surface area contributed by atoms with Gasteiger partial charge in [-0.1, -0.05) is 0 Å². The average molecular weight is 311 g/mol. The van der Waals surface area contributed by atoms with Gasteiger partial charge in [0, 0.05) is 24.6 Å². The molecular weight excluding hydrogens is 282 g/mol. The van der Waals surface area contributed by atoms with Crippen molar-refractivity contribution in [1.29, 1.82) is 0 Å². The Bertz CT molecular complexity index is 417. The van der Waals surface area contributed by atoms with Crippen molar-refractivity contribution in [3.05, 3.63) is 0 Å². The van der Waals surface area contributed by atoms with Crippen molar-refractivity contribution in [3.63, 3.8) is 0 Å². The Hall–Kier alpha value is -0.850. The second-order valence-corrected chi connectivity index (χ2v) is 7.93. The van der Waals surface area contributed by atoms with E-state index in [4.69, 9.17) is 15.2 Å². The molecule has 0 aromatic carbocycles. The van der Waals surface area contributed by atoms with Gasteiger partial charge < -0.3 is 25.8 Å². The Morgan fingerprint density at radius 2 is 2.00 bits per heavy atom. The zero-order valence-electron chi connectivity index (χ0n) is 13.8. The number of amides is 1. The summed E-state index contributed by atoms with van der Waals surface area (Å²) >= 11 is 0. The first-order chi connectivity index (χ1) is 10.3. The van der Waals surface area contributed by atoms with Crippen molar-refractivity contribution >= 4 is 6.09 Å². The molecule has 3 aliphatic rings. The lowest BCUT2D eigenvalue weighted by Crippen LogP contribution is -2.75. The van der Waals surface area contributed by atoms with Crippen molar-refractivity contribution in [2.45, 2.75) is 82.3 Å². The van der Waals surface area contributed by atoms with E-state index >= 15 is 0 Å². The third-order valence-corrected chi connectivity index (χ3v) is 4.90. The highest BCUT2D eigenvalue weighted by atomic mass is 16.6. The highest BCUT2D eigenvalue weighted by Crippen LogP contribution is 2.39. The van der Waals surface area contributed by atoms with Crippen LogP contribution in [0, 0.1) is 5.92 Å². The van der Waals surface area contributed by atoms with E-state index in [0.717, 1.165) is 32.3 Å². The molecule has 1 amide bonds. The van der Waals surface area contributed by atoms with Crippen LogP contribution in [0.3, 0.4) is 0 Å². The summed E-state index contributed by atoms with van der Waals surface area (Å²) in [6.45, 7) is 6.46. The molecule has 0 bridgehead atoms. The highest BCUT2D eigenvalue weighted by Gasteiger charge is 2.54. The van der Waals surface area contributed by atoms with Gasteiger partial charge in [-0.15, -0.1) is 0 Å². The van der Waals surface area contributed by atoms with Crippen LogP contribution in [0.15, 0.2) is 0 Å². The van der Waals surface area contributed by atoms with Gasteiger partial charge in [-0.2, -0.15) is 0 Å². The molecule has 3 fully saturated rings. The largest absolute Gasteiger partial charge is 0.444 e. The van der Waals surface area contributed by atoms with Crippen molar-refractivity contribution in [2.75, 3.05) is 6.61 Å². The topological polar surface area (TPSA) is 85.6 Å². The fraction of sp³-hybridized carbons (Fsp3) is 0.938. The summed E-state index contributed by atoms with van der Waals surface area (Å²) in [6, 6.07) is 1.04. The third kappa shape index (κ3) is 3.39. The SMILES string of the molecule is CC(C)(C)OC(=O)NC1C2CCCOC2C1NC1CC(N)C1. The van der Waals surface area contributed by atoms with E-state index in [-0.39, 0.29) is 24.3 Å². The van der Waals surface area contributed by atoms with Gasteiger partial charge in [-0.3, -0.25) is 0 Å². The molecule has 22 heavy (non-hydrogen) atoms. The van der Waals surface area contributed by atoms with Crippen molar-refractivity contribution in [2.24, 2.45) is 11.7 Å². The third-order valence-electron chi connectivity index (χ3n) is 4.90. The van der Waals surface area contributed by atoms with Crippen molar-refractivity contribution < 1.29 is 14.3 Å². The van der Waals surface area contributed by atoms with Gasteiger partial charge in [0.2, 0.25) is 0 Å². The van der Waals surface area contributed by atoms with E-state index < -0.39 is 5.60 Å². The summed E-state index contributed by atoms with van der Waals surface area (Å²) in [5.74, 6) is 0.396. The van der Waals surface area contributed by atoms with E-state index in [0.29, 0.717) is 18.0 Å². The summed E-state index contributed by atoms with van der Waals surface area (Å²) in [7, 11) is 0. The molecule has 6 nitrogen and oxygen atoms in total. The molecule has 1 aliphatic heterocycles. The number of nitrogens with one attached hydrogen (secondary N) is 2. The van der Waals surface area contributed by atoms with Crippen LogP contribution in [0.1, 0.15) is 46.5 Å². The van der Waals surface area contributed by atoms with Crippen molar-refractivity contribution in [3.8, 4) is 0 Å². The molecule has 126 valence electrons. The summed E-state index contributed by atoms with van der Waals surface area (Å²) in [4.78, 5) is 12.1. The van der Waals surface area contributed by atoms with Gasteiger partial charge in [0.05, 0.1) is 18.2 Å². The van der Waals surface area contributed by atoms with Gasteiger partial charge in [-0.05, 0) is 46.5 Å². The number of fused-ring (bicyclic) bond motifs is 1. The van der Waals surface area contributed by atoms with Gasteiger partial charge in [-0.25, -0.2) is 4.79 Å². The number of nitrogens with two attached hydrogens (primary N) is 1. The van der Waals surface area contributed by atoms with Gasteiger partial charge in [0.1, 0.15) is 5.60 Å². The zero-order chi connectivity index (χ0) is 15.9. The minimum atomic E-state index is -0.472. The van der Waals surface area contributed by atoms with Crippen LogP contribution in [-0.2, 0) is 9.47 Å². The Morgan fingerprint density at radius 3 is 2.64 bits per heavy atom. The Kier molecular flexibility index (Phi) is 4.36. The van der Waals surface area contributed by atoms with Crippen LogP contribution in [0.4, 0.5) is 4.79 Å². The predicted molar refractivity (Wildman–Crippen MR) is 83.5 cm³/mol. The minimum absolute atomic E-state index is 0.0944. The number of hydrogen-bond acceptors (Lipinski definition) is 5. The molecule has 0 spiro atoms. The van der Waals surface area contributed by atoms with Crippen LogP contribution in [0.5, 0.6) is 0 Å². The first-order valence-electron chi connectivity index (χ1n) is 8.46. The molecule has 0 radical (unpaired) electrons. The maximum Gasteiger partial charge on any atom is 0.407 e. The lowest BCUT2D eigenvalue weighted by molar-refractivity contribution is -0.132. The maximum atomic E-state index is 12.1. The molecule has 1 heterocycles. The van der Waals surface area contributed by atoms with Gasteiger partial charge in [0.25, 0.3) is 0 Å². The highest BCUT2D eigenvalue weighted by molar-refractivity contribution is 5.68. The molecule has 0 aromatic rings. The lowest BCUT2D eigenvalue weighted by atomic mass is 9.67. The van der Waals surface area contributed by atoms with Crippen molar-refractivity contribution in [1.82, 2.24) is 10.6 Å². The van der Waals surface area contributed by atoms with Crippen LogP contribution < -0.4 is 16.4 Å². The van der Waals surface area contributed by atoms with Crippen LogP contribution in [0.2, 0.25) is 0 Å². The molecule has 6 heteroatoms. The lowest BCUT2D eigenvalue weighted by Gasteiger charge is -2.56. The number of ether oxygens (including phenoxy) is 2. The minimum Gasteiger partial charge on any atom is -0.444 e. The number of carbonyl (C=O) groups is 1. The summed E-state index contributed by atoms with van der Waals surface area (Å²) < 4.78 is 11.3. The molecule has 2 aliphatic carbocycles. The van der Waals surface area contributed by atoms with E-state index in [1.165, 1.54) is 0 Å². The van der Waals surface area contributed by atoms with E-state index in [1.54, 1.807) is 0 Å². The van der Waals surface area contributed by atoms with E-state index in [2.05, 4.69) is 10.6 Å². The standard InChI is InChI=1S/C16H29N3O3/c1-16(2,3)22-15(20)19-12-11-5-4-6-21-14(11)13(12)18-10-7-9(17)8-10/h9-14,18H,4-8,17H2,1-3H3,(H,19,20). The van der Waals surface area contributed by atoms with E-state index in [9.17, 15) is 4.79 Å². The molecule has 0 aromatic heterocycles. The number of carbonyl (C=O) groups excluding carboxylic acids is 1. The molecule has 4 atom stereocenters. The Balaban J connectivity index is 1.57. The Morgan fingerprint density at radius 1 is 1.27 bits per heavy atom. The Labute approximate surface area is 132 Å². The van der Waals surface area contributed by atoms with Crippen LogP contribution >= 0.6 is 0 Å². The van der Waals surface area contributed by atoms with Gasteiger partial charge in [0.15, 0.2) is 0 Å². The monoisotopic (exact) mass is 311 g/mol. The quantitative estimate of drug-likeness (QED) is 0.727. The zero-order valence-corrected chi connectivity index (χ0v) is 13.8. The maximum absolute atomic E-state index is 12.1.